The van der Waals surface area contributed by atoms with E-state index in [2.05, 4.69) is 19.2 Å². The van der Waals surface area contributed by atoms with Gasteiger partial charge in [0, 0.05) is 6.42 Å². The fraction of sp³-hybridized carbons (Fsp3) is 0.968. The van der Waals surface area contributed by atoms with Crippen LogP contribution in [0.15, 0.2) is 0 Å². The largest absolute Gasteiger partial charge is 0.391 e. The first-order valence-corrected chi connectivity index (χ1v) is 17.8. The van der Waals surface area contributed by atoms with Gasteiger partial charge < -0.3 is 10.4 Å². The highest BCUT2D eigenvalue weighted by Gasteiger charge is 2.26. The highest BCUT2D eigenvalue weighted by molar-refractivity contribution is 7.85. The summed E-state index contributed by atoms with van der Waals surface area (Å²) in [7, 11) is -4.29. The maximum absolute atomic E-state index is 12.4. The summed E-state index contributed by atoms with van der Waals surface area (Å²) in [6.07, 6.45) is 27.6. The van der Waals surface area contributed by atoms with E-state index in [9.17, 15) is 22.9 Å². The Kier molecular flexibility index (Phi) is 26.1. The Labute approximate surface area is 236 Å². The molecule has 3 N–H and O–H groups in total. The average molecular weight is 562 g/mol. The molecule has 0 aromatic rings. The second-order valence-electron chi connectivity index (χ2n) is 11.5. The van der Waals surface area contributed by atoms with E-state index < -0.39 is 28.0 Å². The molecule has 0 aliphatic heterocycles. The fourth-order valence-electron chi connectivity index (χ4n) is 5.10. The van der Waals surface area contributed by atoms with Gasteiger partial charge in [-0.25, -0.2) is 0 Å². The molecule has 0 heterocycles. The van der Waals surface area contributed by atoms with Gasteiger partial charge in [0.1, 0.15) is 0 Å². The first-order chi connectivity index (χ1) is 18.3. The van der Waals surface area contributed by atoms with E-state index in [1.165, 1.54) is 109 Å². The van der Waals surface area contributed by atoms with Crippen molar-refractivity contribution in [3.05, 3.63) is 0 Å². The molecule has 0 saturated carbocycles. The van der Waals surface area contributed by atoms with Crippen molar-refractivity contribution in [3.8, 4) is 0 Å². The van der Waals surface area contributed by atoms with Crippen molar-refractivity contribution in [2.75, 3.05) is 5.75 Å². The van der Waals surface area contributed by atoms with E-state index >= 15 is 0 Å². The highest BCUT2D eigenvalue weighted by atomic mass is 32.2. The summed E-state index contributed by atoms with van der Waals surface area (Å²) in [6.45, 7) is 4.47. The van der Waals surface area contributed by atoms with Crippen molar-refractivity contribution in [1.82, 2.24) is 5.32 Å². The highest BCUT2D eigenvalue weighted by Crippen LogP contribution is 2.15. The Bertz CT molecular complexity index is 626. The molecule has 228 valence electrons. The van der Waals surface area contributed by atoms with E-state index in [1.807, 2.05) is 0 Å². The van der Waals surface area contributed by atoms with Crippen molar-refractivity contribution in [2.24, 2.45) is 0 Å². The lowest BCUT2D eigenvalue weighted by Crippen LogP contribution is -2.47. The monoisotopic (exact) mass is 561 g/mol. The third-order valence-electron chi connectivity index (χ3n) is 7.56. The number of carbonyl (C=O) groups excluding carboxylic acids is 1. The minimum Gasteiger partial charge on any atom is -0.391 e. The molecule has 0 aromatic carbocycles. The zero-order chi connectivity index (χ0) is 28.3. The van der Waals surface area contributed by atoms with Crippen molar-refractivity contribution < 1.29 is 22.9 Å². The quantitative estimate of drug-likeness (QED) is 0.0627. The minimum absolute atomic E-state index is 0.249. The summed E-state index contributed by atoms with van der Waals surface area (Å²) in [5, 5.41) is 13.2. The van der Waals surface area contributed by atoms with Gasteiger partial charge in [-0.05, 0) is 12.8 Å². The number of unbranched alkanes of at least 4 members (excludes halogenated alkanes) is 21. The van der Waals surface area contributed by atoms with Crippen molar-refractivity contribution in [3.63, 3.8) is 0 Å². The number of nitrogens with one attached hydrogen (secondary N) is 1. The van der Waals surface area contributed by atoms with Gasteiger partial charge in [-0.1, -0.05) is 155 Å². The number of rotatable bonds is 29. The van der Waals surface area contributed by atoms with Crippen LogP contribution < -0.4 is 5.32 Å². The number of aliphatic hydroxyl groups is 1. The zero-order valence-electron chi connectivity index (χ0n) is 25.1. The lowest BCUT2D eigenvalue weighted by atomic mass is 10.0. The molecular weight excluding hydrogens is 498 g/mol. The third kappa shape index (κ3) is 26.9. The van der Waals surface area contributed by atoms with Crippen LogP contribution in [0.3, 0.4) is 0 Å². The normalized spacial score (nSPS) is 13.5. The van der Waals surface area contributed by atoms with E-state index in [-0.39, 0.29) is 5.91 Å². The van der Waals surface area contributed by atoms with Crippen molar-refractivity contribution >= 4 is 16.0 Å². The third-order valence-corrected chi connectivity index (χ3v) is 8.34. The van der Waals surface area contributed by atoms with Gasteiger partial charge >= 0.3 is 0 Å². The Morgan fingerprint density at radius 2 is 0.947 bits per heavy atom. The van der Waals surface area contributed by atoms with Crippen LogP contribution in [0, 0.1) is 0 Å². The van der Waals surface area contributed by atoms with Gasteiger partial charge in [0.15, 0.2) is 0 Å². The van der Waals surface area contributed by atoms with Gasteiger partial charge in [0.2, 0.25) is 5.91 Å². The predicted molar refractivity (Wildman–Crippen MR) is 161 cm³/mol. The lowest BCUT2D eigenvalue weighted by Gasteiger charge is -2.23. The summed E-state index contributed by atoms with van der Waals surface area (Å²) >= 11 is 0. The van der Waals surface area contributed by atoms with Crippen LogP contribution in [0.4, 0.5) is 0 Å². The number of hydrogen-bond acceptors (Lipinski definition) is 4. The molecule has 0 radical (unpaired) electrons. The second kappa shape index (κ2) is 26.6. The molecule has 38 heavy (non-hydrogen) atoms. The molecule has 0 aliphatic rings. The van der Waals surface area contributed by atoms with E-state index in [0.717, 1.165) is 38.5 Å². The molecule has 0 saturated heterocycles. The van der Waals surface area contributed by atoms with Crippen LogP contribution in [-0.2, 0) is 14.9 Å². The van der Waals surface area contributed by atoms with Gasteiger partial charge in [-0.15, -0.1) is 0 Å². The van der Waals surface area contributed by atoms with Crippen molar-refractivity contribution in [1.29, 1.82) is 0 Å². The number of aliphatic hydroxyl groups excluding tert-OH is 1. The molecule has 6 nitrogen and oxygen atoms in total. The summed E-state index contributed by atoms with van der Waals surface area (Å²) in [5.41, 5.74) is 0. The lowest BCUT2D eigenvalue weighted by molar-refractivity contribution is -0.122. The maximum Gasteiger partial charge on any atom is 0.266 e. The first-order valence-electron chi connectivity index (χ1n) is 16.2. The van der Waals surface area contributed by atoms with E-state index in [0.29, 0.717) is 12.8 Å². The van der Waals surface area contributed by atoms with Crippen LogP contribution >= 0.6 is 0 Å². The van der Waals surface area contributed by atoms with Crippen LogP contribution in [0.1, 0.15) is 174 Å². The number of hydrogen-bond donors (Lipinski definition) is 3. The molecule has 0 aliphatic carbocycles. The molecular formula is C31H63NO5S. The van der Waals surface area contributed by atoms with Gasteiger partial charge in [0.25, 0.3) is 10.1 Å². The molecule has 0 spiro atoms. The standard InChI is InChI=1S/C31H63NO5S/c1-3-5-7-9-11-13-14-15-16-17-19-20-22-24-26-30(33)29(28-38(35,36)37)32-31(34)27-25-23-21-18-12-10-8-6-4-2/h29-30,33H,3-28H2,1-2H3,(H,32,34)(H,35,36,37). The Balaban J connectivity index is 3.95. The SMILES string of the molecule is CCCCCCCCCCCCCCCCC(O)C(CS(=O)(=O)O)NC(=O)CCCCCCCCCCC. The summed E-state index contributed by atoms with van der Waals surface area (Å²) in [4.78, 5) is 12.4. The minimum atomic E-state index is -4.29. The fourth-order valence-corrected chi connectivity index (χ4v) is 5.86. The number of amides is 1. The summed E-state index contributed by atoms with van der Waals surface area (Å²) < 4.78 is 32.2. The first kappa shape index (κ1) is 37.3. The predicted octanol–water partition coefficient (Wildman–Crippen LogP) is 8.51. The maximum atomic E-state index is 12.4. The Morgan fingerprint density at radius 1 is 0.605 bits per heavy atom. The number of carbonyl (C=O) groups is 1. The molecule has 0 bridgehead atoms. The topological polar surface area (TPSA) is 104 Å². The molecule has 0 fully saturated rings. The van der Waals surface area contributed by atoms with Crippen molar-refractivity contribution in [2.45, 2.75) is 187 Å². The average Bonchev–Trinajstić information content (AvgIpc) is 2.86. The molecule has 7 heteroatoms. The smallest absolute Gasteiger partial charge is 0.266 e. The molecule has 0 rings (SSSR count). The van der Waals surface area contributed by atoms with E-state index in [4.69, 9.17) is 0 Å². The van der Waals surface area contributed by atoms with Crippen LogP contribution in [0.2, 0.25) is 0 Å². The van der Waals surface area contributed by atoms with Gasteiger partial charge in [-0.3, -0.25) is 9.35 Å². The summed E-state index contributed by atoms with van der Waals surface area (Å²) in [6, 6.07) is -0.960. The van der Waals surface area contributed by atoms with Gasteiger partial charge in [0.05, 0.1) is 17.9 Å². The van der Waals surface area contributed by atoms with Gasteiger partial charge in [-0.2, -0.15) is 8.42 Å². The van der Waals surface area contributed by atoms with Crippen LogP contribution in [-0.4, -0.2) is 41.9 Å². The molecule has 1 amide bonds. The molecule has 2 unspecified atom stereocenters. The molecule has 0 aromatic heterocycles. The summed E-state index contributed by atoms with van der Waals surface area (Å²) in [5.74, 6) is -0.891. The van der Waals surface area contributed by atoms with Crippen LogP contribution in [0.25, 0.3) is 0 Å². The second-order valence-corrected chi connectivity index (χ2v) is 13.0. The Morgan fingerprint density at radius 3 is 1.32 bits per heavy atom. The molecule has 2 atom stereocenters. The zero-order valence-corrected chi connectivity index (χ0v) is 25.9. The van der Waals surface area contributed by atoms with E-state index in [1.54, 1.807) is 0 Å². The van der Waals surface area contributed by atoms with Crippen LogP contribution in [0.5, 0.6) is 0 Å². The Hall–Kier alpha value is -0.660.